The molecule has 1 amide bonds. The van der Waals surface area contributed by atoms with Crippen LogP contribution in [0.25, 0.3) is 33.6 Å². The van der Waals surface area contributed by atoms with Gasteiger partial charge < -0.3 is 18.8 Å². The molecule has 0 radical (unpaired) electrons. The zero-order valence-electron chi connectivity index (χ0n) is 20.1. The summed E-state index contributed by atoms with van der Waals surface area (Å²) >= 11 is 0. The number of amides is 1. The van der Waals surface area contributed by atoms with Gasteiger partial charge in [-0.1, -0.05) is 0 Å². The van der Waals surface area contributed by atoms with Gasteiger partial charge in [-0.3, -0.25) is 4.79 Å². The zero-order valence-corrected chi connectivity index (χ0v) is 20.1. The Labute approximate surface area is 198 Å². The van der Waals surface area contributed by atoms with Crippen molar-refractivity contribution in [3.8, 4) is 17.3 Å². The Morgan fingerprint density at radius 3 is 2.74 bits per heavy atom. The van der Waals surface area contributed by atoms with E-state index >= 15 is 0 Å². The number of aromatic nitrogens is 4. The van der Waals surface area contributed by atoms with Crippen molar-refractivity contribution >= 4 is 28.0 Å². The van der Waals surface area contributed by atoms with Crippen LogP contribution in [-0.2, 0) is 13.6 Å². The third-order valence-electron chi connectivity index (χ3n) is 8.60. The molecule has 1 saturated heterocycles. The van der Waals surface area contributed by atoms with E-state index in [1.165, 1.54) is 12.8 Å². The normalized spacial score (nSPS) is 24.9. The molecule has 34 heavy (non-hydrogen) atoms. The Morgan fingerprint density at radius 2 is 2.00 bits per heavy atom. The Balaban J connectivity index is 1.35. The smallest absolute Gasteiger partial charge is 0.254 e. The van der Waals surface area contributed by atoms with Crippen molar-refractivity contribution in [2.24, 2.45) is 24.8 Å². The maximum Gasteiger partial charge on any atom is 0.254 e. The molecule has 0 spiro atoms. The number of ether oxygens (including phenoxy) is 1. The number of aryl methyl sites for hydroxylation is 3. The van der Waals surface area contributed by atoms with E-state index in [1.807, 2.05) is 32.2 Å². The van der Waals surface area contributed by atoms with Gasteiger partial charge in [-0.15, -0.1) is 0 Å². The van der Waals surface area contributed by atoms with Gasteiger partial charge in [-0.25, -0.2) is 9.97 Å². The molecule has 4 atom stereocenters. The first kappa shape index (κ1) is 20.1. The van der Waals surface area contributed by atoms with Crippen LogP contribution in [0, 0.1) is 24.7 Å². The Morgan fingerprint density at radius 1 is 1.15 bits per heavy atom. The number of carbonyl (C=O) groups excluding carboxylic acids is 1. The molecule has 2 saturated carbocycles. The van der Waals surface area contributed by atoms with Gasteiger partial charge in [0.1, 0.15) is 16.9 Å². The summed E-state index contributed by atoms with van der Waals surface area (Å²) < 4.78 is 10.1. The molecule has 0 N–H and O–H groups in total. The first-order valence-corrected chi connectivity index (χ1v) is 12.3. The van der Waals surface area contributed by atoms with E-state index in [9.17, 15) is 4.79 Å². The molecular formula is C27H29N5O2. The number of hydrogen-bond acceptors (Lipinski definition) is 4. The van der Waals surface area contributed by atoms with Crippen LogP contribution in [0.4, 0.5) is 0 Å². The number of benzene rings is 1. The van der Waals surface area contributed by atoms with Crippen LogP contribution in [0.2, 0.25) is 0 Å². The van der Waals surface area contributed by atoms with Crippen molar-refractivity contribution in [1.82, 2.24) is 24.0 Å². The van der Waals surface area contributed by atoms with Gasteiger partial charge in [-0.05, 0) is 74.8 Å². The van der Waals surface area contributed by atoms with E-state index in [0.29, 0.717) is 23.3 Å². The van der Waals surface area contributed by atoms with E-state index in [0.717, 1.165) is 64.2 Å². The molecule has 7 rings (SSSR count). The molecule has 3 fully saturated rings. The van der Waals surface area contributed by atoms with Crippen molar-refractivity contribution in [2.75, 3.05) is 13.7 Å². The summed E-state index contributed by atoms with van der Waals surface area (Å²) in [6.45, 7) is 5.84. The lowest BCUT2D eigenvalue weighted by Gasteiger charge is -2.52. The van der Waals surface area contributed by atoms with Crippen molar-refractivity contribution in [2.45, 2.75) is 39.3 Å². The second-order valence-corrected chi connectivity index (χ2v) is 10.3. The fraction of sp³-hybridized carbons (Fsp3) is 0.444. The molecule has 4 heterocycles. The fourth-order valence-electron chi connectivity index (χ4n) is 6.91. The predicted octanol–water partition coefficient (Wildman–Crippen LogP) is 4.41. The summed E-state index contributed by atoms with van der Waals surface area (Å²) in [6.07, 6.45) is 2.48. The molecule has 4 aromatic rings. The van der Waals surface area contributed by atoms with Gasteiger partial charge in [0.05, 0.1) is 18.3 Å². The lowest BCUT2D eigenvalue weighted by molar-refractivity contribution is -0.0204. The number of rotatable bonds is 4. The Bertz CT molecular complexity index is 1500. The lowest BCUT2D eigenvalue weighted by Crippen LogP contribution is -2.53. The summed E-state index contributed by atoms with van der Waals surface area (Å²) in [5.74, 6) is 3.98. The second kappa shape index (κ2) is 6.84. The van der Waals surface area contributed by atoms with Gasteiger partial charge in [-0.2, -0.15) is 0 Å². The van der Waals surface area contributed by atoms with E-state index in [1.54, 1.807) is 7.11 Å². The lowest BCUT2D eigenvalue weighted by atomic mass is 9.53. The van der Waals surface area contributed by atoms with E-state index in [2.05, 4.69) is 33.1 Å². The average molecular weight is 456 g/mol. The summed E-state index contributed by atoms with van der Waals surface area (Å²) in [7, 11) is 3.68. The molecule has 7 nitrogen and oxygen atoms in total. The topological polar surface area (TPSA) is 65.2 Å². The van der Waals surface area contributed by atoms with Gasteiger partial charge in [0.25, 0.3) is 5.91 Å². The Kier molecular flexibility index (Phi) is 4.04. The summed E-state index contributed by atoms with van der Waals surface area (Å²) in [6, 6.07) is 10.6. The molecule has 2 aliphatic carbocycles. The molecule has 1 unspecified atom stereocenters. The summed E-state index contributed by atoms with van der Waals surface area (Å²) in [5.41, 5.74) is 5.33. The molecule has 1 aliphatic heterocycles. The number of hydrogen-bond donors (Lipinski definition) is 0. The van der Waals surface area contributed by atoms with Gasteiger partial charge in [0, 0.05) is 42.8 Å². The largest absolute Gasteiger partial charge is 0.494 e. The van der Waals surface area contributed by atoms with Crippen LogP contribution in [0.5, 0.6) is 5.75 Å². The Hall–Kier alpha value is -3.35. The van der Waals surface area contributed by atoms with Crippen molar-refractivity contribution in [1.29, 1.82) is 0 Å². The van der Waals surface area contributed by atoms with Crippen molar-refractivity contribution in [3.63, 3.8) is 0 Å². The molecule has 1 aromatic carbocycles. The summed E-state index contributed by atoms with van der Waals surface area (Å²) in [5, 5.41) is 1.10. The molecule has 174 valence electrons. The minimum Gasteiger partial charge on any atom is -0.494 e. The minimum absolute atomic E-state index is 0.118. The van der Waals surface area contributed by atoms with E-state index in [4.69, 9.17) is 14.7 Å². The quantitative estimate of drug-likeness (QED) is 0.457. The van der Waals surface area contributed by atoms with Gasteiger partial charge in [0.15, 0.2) is 5.82 Å². The van der Waals surface area contributed by atoms with Crippen LogP contribution in [0.1, 0.15) is 35.8 Å². The van der Waals surface area contributed by atoms with Crippen LogP contribution in [0.15, 0.2) is 30.3 Å². The molecule has 3 aromatic heterocycles. The number of imidazole rings is 1. The molecular weight excluding hydrogens is 426 g/mol. The van der Waals surface area contributed by atoms with Crippen LogP contribution in [-0.4, -0.2) is 49.6 Å². The van der Waals surface area contributed by atoms with Crippen molar-refractivity contribution < 1.29 is 9.53 Å². The van der Waals surface area contributed by atoms with E-state index in [-0.39, 0.29) is 5.91 Å². The number of pyridine rings is 1. The maximum absolute atomic E-state index is 13.5. The standard InChI is InChI=1S/C27H29N5O2/c1-5-31-21(10-15-7-6-14(2)28-25(15)31)26-29-19-9-17(12-22(34-4)24(19)30(26)3)27(33)32-13-18-8-16-11-20(32)23(16)18/h6-7,9-10,12,16,18,20,23H,5,8,11,13H2,1-4H3/t16?,18-,20-,23-/m1/s1. The van der Waals surface area contributed by atoms with Crippen LogP contribution in [0.3, 0.4) is 0 Å². The average Bonchev–Trinajstić information content (AvgIpc) is 3.34. The van der Waals surface area contributed by atoms with Crippen LogP contribution >= 0.6 is 0 Å². The molecule has 7 heteroatoms. The first-order chi connectivity index (χ1) is 16.5. The monoisotopic (exact) mass is 455 g/mol. The third-order valence-corrected chi connectivity index (χ3v) is 8.60. The van der Waals surface area contributed by atoms with Gasteiger partial charge in [0.2, 0.25) is 0 Å². The predicted molar refractivity (Wildman–Crippen MR) is 131 cm³/mol. The highest BCUT2D eigenvalue weighted by Gasteiger charge is 2.61. The fourth-order valence-corrected chi connectivity index (χ4v) is 6.91. The SMILES string of the molecule is CCn1c(-c2nc3cc(C(=O)N4C[C@H]5CC6C[C@@H]4[C@H]65)cc(OC)c3n2C)cc2ccc(C)nc21. The molecule has 0 bridgehead atoms. The minimum atomic E-state index is 0.118. The number of methoxy groups -OCH3 is 1. The van der Waals surface area contributed by atoms with Crippen LogP contribution < -0.4 is 4.74 Å². The van der Waals surface area contributed by atoms with Crippen molar-refractivity contribution in [3.05, 3.63) is 41.6 Å². The number of carbonyl (C=O) groups is 1. The first-order valence-electron chi connectivity index (χ1n) is 12.3. The maximum atomic E-state index is 13.5. The van der Waals surface area contributed by atoms with Gasteiger partial charge >= 0.3 is 0 Å². The van der Waals surface area contributed by atoms with E-state index < -0.39 is 0 Å². The number of nitrogens with zero attached hydrogens (tertiary/aromatic N) is 5. The number of fused-ring (bicyclic) bond motifs is 2. The second-order valence-electron chi connectivity index (χ2n) is 10.3. The molecule has 3 aliphatic rings. The zero-order chi connectivity index (χ0) is 23.3. The third kappa shape index (κ3) is 2.50. The highest BCUT2D eigenvalue weighted by molar-refractivity contribution is 6.00. The summed E-state index contributed by atoms with van der Waals surface area (Å²) in [4.78, 5) is 25.5. The highest BCUT2D eigenvalue weighted by Crippen LogP contribution is 2.60. The highest BCUT2D eigenvalue weighted by atomic mass is 16.5. The number of likely N-dealkylation sites (tertiary alicyclic amines) is 1.